The van der Waals surface area contributed by atoms with Crippen LogP contribution in [0.5, 0.6) is 11.5 Å². The standard InChI is InChI=1S/C27H32N2O4/c1-2-31-18-19-33-26-12-6-11-24(20-26)29-27(30)21-28-23-13-15-25(16-14-23)32-17-7-10-22-8-4-3-5-9-22/h3-6,8-9,11-16,20,28H,2,7,10,17-19,21H2,1H3,(H,29,30). The average molecular weight is 449 g/mol. The molecule has 0 saturated heterocycles. The summed E-state index contributed by atoms with van der Waals surface area (Å²) in [4.78, 5) is 12.3. The first-order valence-corrected chi connectivity index (χ1v) is 11.3. The number of amides is 1. The van der Waals surface area contributed by atoms with Gasteiger partial charge in [-0.1, -0.05) is 36.4 Å². The molecule has 33 heavy (non-hydrogen) atoms. The van der Waals surface area contributed by atoms with Crippen LogP contribution in [0.4, 0.5) is 11.4 Å². The van der Waals surface area contributed by atoms with E-state index in [2.05, 4.69) is 34.9 Å². The molecule has 1 amide bonds. The fraction of sp³-hybridized carbons (Fsp3) is 0.296. The van der Waals surface area contributed by atoms with Crippen LogP contribution in [0.2, 0.25) is 0 Å². The third kappa shape index (κ3) is 9.25. The Kier molecular flexibility index (Phi) is 10.1. The minimum absolute atomic E-state index is 0.136. The molecular weight excluding hydrogens is 416 g/mol. The summed E-state index contributed by atoms with van der Waals surface area (Å²) in [6, 6.07) is 25.4. The maximum atomic E-state index is 12.3. The summed E-state index contributed by atoms with van der Waals surface area (Å²) in [5.41, 5.74) is 2.87. The van der Waals surface area contributed by atoms with Crippen molar-refractivity contribution in [1.82, 2.24) is 0 Å². The number of aryl methyl sites for hydroxylation is 1. The fourth-order valence-corrected chi connectivity index (χ4v) is 3.19. The maximum Gasteiger partial charge on any atom is 0.243 e. The molecule has 0 atom stereocenters. The van der Waals surface area contributed by atoms with Gasteiger partial charge >= 0.3 is 0 Å². The summed E-state index contributed by atoms with van der Waals surface area (Å²) < 4.78 is 16.7. The van der Waals surface area contributed by atoms with Crippen molar-refractivity contribution in [2.45, 2.75) is 19.8 Å². The second kappa shape index (κ2) is 13.8. The van der Waals surface area contributed by atoms with Gasteiger partial charge in [-0.3, -0.25) is 4.79 Å². The van der Waals surface area contributed by atoms with Crippen LogP contribution in [-0.2, 0) is 16.0 Å². The van der Waals surface area contributed by atoms with Crippen molar-refractivity contribution in [2.24, 2.45) is 0 Å². The lowest BCUT2D eigenvalue weighted by atomic mass is 10.1. The van der Waals surface area contributed by atoms with Gasteiger partial charge in [-0.15, -0.1) is 0 Å². The molecule has 0 unspecified atom stereocenters. The van der Waals surface area contributed by atoms with Gasteiger partial charge in [0, 0.05) is 24.0 Å². The number of hydrogen-bond acceptors (Lipinski definition) is 5. The van der Waals surface area contributed by atoms with Crippen LogP contribution < -0.4 is 20.1 Å². The molecule has 3 aromatic rings. The number of hydrogen-bond donors (Lipinski definition) is 2. The van der Waals surface area contributed by atoms with Crippen molar-refractivity contribution in [1.29, 1.82) is 0 Å². The Hall–Kier alpha value is -3.51. The highest BCUT2D eigenvalue weighted by atomic mass is 16.5. The Morgan fingerprint density at radius 3 is 2.36 bits per heavy atom. The van der Waals surface area contributed by atoms with Gasteiger partial charge in [0.2, 0.25) is 5.91 Å². The predicted octanol–water partition coefficient (Wildman–Crippen LogP) is 5.16. The van der Waals surface area contributed by atoms with E-state index in [4.69, 9.17) is 14.2 Å². The molecule has 0 aliphatic rings. The molecule has 0 radical (unpaired) electrons. The Morgan fingerprint density at radius 2 is 1.58 bits per heavy atom. The van der Waals surface area contributed by atoms with Gasteiger partial charge in [-0.2, -0.15) is 0 Å². The summed E-state index contributed by atoms with van der Waals surface area (Å²) in [6.07, 6.45) is 1.96. The Labute approximate surface area is 195 Å². The van der Waals surface area contributed by atoms with Gasteiger partial charge in [0.1, 0.15) is 18.1 Å². The lowest BCUT2D eigenvalue weighted by Crippen LogP contribution is -2.21. The molecule has 0 aliphatic carbocycles. The zero-order valence-electron chi connectivity index (χ0n) is 19.1. The smallest absolute Gasteiger partial charge is 0.243 e. The molecule has 2 N–H and O–H groups in total. The summed E-state index contributed by atoms with van der Waals surface area (Å²) >= 11 is 0. The monoisotopic (exact) mass is 448 g/mol. The minimum Gasteiger partial charge on any atom is -0.494 e. The molecule has 0 bridgehead atoms. The number of carbonyl (C=O) groups excluding carboxylic acids is 1. The highest BCUT2D eigenvalue weighted by Gasteiger charge is 2.04. The molecule has 6 nitrogen and oxygen atoms in total. The maximum absolute atomic E-state index is 12.3. The summed E-state index contributed by atoms with van der Waals surface area (Å²) in [5.74, 6) is 1.38. The Bertz CT molecular complexity index is 961. The summed E-state index contributed by atoms with van der Waals surface area (Å²) in [7, 11) is 0. The van der Waals surface area contributed by atoms with Gasteiger partial charge in [0.25, 0.3) is 0 Å². The van der Waals surface area contributed by atoms with Gasteiger partial charge < -0.3 is 24.8 Å². The van der Waals surface area contributed by atoms with E-state index in [0.717, 1.165) is 24.3 Å². The van der Waals surface area contributed by atoms with E-state index in [1.54, 1.807) is 6.07 Å². The van der Waals surface area contributed by atoms with Crippen molar-refractivity contribution >= 4 is 17.3 Å². The summed E-state index contributed by atoms with van der Waals surface area (Å²) in [5, 5.41) is 6.00. The van der Waals surface area contributed by atoms with E-state index in [1.807, 2.05) is 55.5 Å². The van der Waals surface area contributed by atoms with Crippen LogP contribution >= 0.6 is 0 Å². The molecule has 0 heterocycles. The molecular formula is C27H32N2O4. The minimum atomic E-state index is -0.136. The van der Waals surface area contributed by atoms with Gasteiger partial charge in [-0.25, -0.2) is 0 Å². The second-order valence-electron chi connectivity index (χ2n) is 7.44. The number of nitrogens with one attached hydrogen (secondary N) is 2. The molecule has 3 aromatic carbocycles. The van der Waals surface area contributed by atoms with Gasteiger partial charge in [0.05, 0.1) is 19.8 Å². The zero-order chi connectivity index (χ0) is 23.1. The first kappa shape index (κ1) is 24.1. The van der Waals surface area contributed by atoms with Crippen LogP contribution in [0.15, 0.2) is 78.9 Å². The van der Waals surface area contributed by atoms with Crippen LogP contribution in [0.3, 0.4) is 0 Å². The molecule has 0 spiro atoms. The Balaban J connectivity index is 1.35. The van der Waals surface area contributed by atoms with Crippen LogP contribution in [-0.4, -0.2) is 38.9 Å². The molecule has 3 rings (SSSR count). The van der Waals surface area contributed by atoms with E-state index in [9.17, 15) is 4.79 Å². The summed E-state index contributed by atoms with van der Waals surface area (Å²) in [6.45, 7) is 4.44. The number of benzene rings is 3. The third-order valence-corrected chi connectivity index (χ3v) is 4.85. The first-order valence-electron chi connectivity index (χ1n) is 11.3. The van der Waals surface area contributed by atoms with E-state index >= 15 is 0 Å². The predicted molar refractivity (Wildman–Crippen MR) is 132 cm³/mol. The highest BCUT2D eigenvalue weighted by molar-refractivity contribution is 5.93. The zero-order valence-corrected chi connectivity index (χ0v) is 19.1. The SMILES string of the molecule is CCOCCOc1cccc(NC(=O)CNc2ccc(OCCCc3ccccc3)cc2)c1. The molecule has 0 aliphatic heterocycles. The quantitative estimate of drug-likeness (QED) is 0.333. The van der Waals surface area contributed by atoms with E-state index in [-0.39, 0.29) is 12.5 Å². The van der Waals surface area contributed by atoms with E-state index in [0.29, 0.717) is 37.9 Å². The van der Waals surface area contributed by atoms with Crippen LogP contribution in [0.1, 0.15) is 18.9 Å². The molecule has 174 valence electrons. The van der Waals surface area contributed by atoms with Crippen molar-refractivity contribution in [3.8, 4) is 11.5 Å². The number of ether oxygens (including phenoxy) is 3. The average Bonchev–Trinajstić information content (AvgIpc) is 2.85. The lowest BCUT2D eigenvalue weighted by molar-refractivity contribution is -0.114. The van der Waals surface area contributed by atoms with Crippen molar-refractivity contribution < 1.29 is 19.0 Å². The first-order chi connectivity index (χ1) is 16.2. The number of anilines is 2. The highest BCUT2D eigenvalue weighted by Crippen LogP contribution is 2.18. The third-order valence-electron chi connectivity index (χ3n) is 4.85. The van der Waals surface area contributed by atoms with Crippen LogP contribution in [0, 0.1) is 0 Å². The fourth-order valence-electron chi connectivity index (χ4n) is 3.19. The Morgan fingerprint density at radius 1 is 0.788 bits per heavy atom. The second-order valence-corrected chi connectivity index (χ2v) is 7.44. The largest absolute Gasteiger partial charge is 0.494 e. The van der Waals surface area contributed by atoms with Crippen molar-refractivity contribution in [3.05, 3.63) is 84.4 Å². The number of carbonyl (C=O) groups is 1. The van der Waals surface area contributed by atoms with Gasteiger partial charge in [0.15, 0.2) is 0 Å². The van der Waals surface area contributed by atoms with Crippen LogP contribution in [0.25, 0.3) is 0 Å². The molecule has 0 saturated carbocycles. The topological polar surface area (TPSA) is 68.8 Å². The van der Waals surface area contributed by atoms with Crippen molar-refractivity contribution in [3.63, 3.8) is 0 Å². The van der Waals surface area contributed by atoms with E-state index < -0.39 is 0 Å². The molecule has 6 heteroatoms. The van der Waals surface area contributed by atoms with Crippen molar-refractivity contribution in [2.75, 3.05) is 43.6 Å². The normalized spacial score (nSPS) is 10.5. The molecule has 0 aromatic heterocycles. The molecule has 0 fully saturated rings. The lowest BCUT2D eigenvalue weighted by Gasteiger charge is -2.11. The van der Waals surface area contributed by atoms with Gasteiger partial charge in [-0.05, 0) is 61.7 Å². The van der Waals surface area contributed by atoms with E-state index in [1.165, 1.54) is 5.56 Å². The number of rotatable bonds is 14.